The molecule has 29 heavy (non-hydrogen) atoms. The maximum absolute atomic E-state index is 11.9. The summed E-state index contributed by atoms with van der Waals surface area (Å²) in [6.45, 7) is 9.68. The molecule has 0 saturated heterocycles. The van der Waals surface area contributed by atoms with Crippen LogP contribution in [0.1, 0.15) is 44.0 Å². The van der Waals surface area contributed by atoms with Crippen molar-refractivity contribution < 1.29 is 9.90 Å². The van der Waals surface area contributed by atoms with Gasteiger partial charge in [0.05, 0.1) is 5.56 Å². The minimum atomic E-state index is -0.869. The maximum Gasteiger partial charge on any atom is 0.337 e. The number of hydrogen-bond acceptors (Lipinski definition) is 2. The van der Waals surface area contributed by atoms with Crippen LogP contribution in [-0.2, 0) is 19.5 Å². The average Bonchev–Trinajstić information content (AvgIpc) is 2.97. The lowest BCUT2D eigenvalue weighted by Crippen LogP contribution is -2.18. The Labute approximate surface area is 172 Å². The second-order valence-electron chi connectivity index (χ2n) is 7.27. The molecule has 0 bridgehead atoms. The molecule has 4 nitrogen and oxygen atoms in total. The van der Waals surface area contributed by atoms with Gasteiger partial charge >= 0.3 is 5.97 Å². The van der Waals surface area contributed by atoms with Crippen molar-refractivity contribution in [3.8, 4) is 0 Å². The fraction of sp³-hybridized carbons (Fsp3) is 0.240. The summed E-state index contributed by atoms with van der Waals surface area (Å²) in [7, 11) is 0. The summed E-state index contributed by atoms with van der Waals surface area (Å²) in [5.74, 6) is -0.869. The highest BCUT2D eigenvalue weighted by atomic mass is 16.4. The molecule has 3 aromatic rings. The molecule has 0 saturated carbocycles. The molecule has 0 fully saturated rings. The van der Waals surface area contributed by atoms with E-state index in [2.05, 4.69) is 40.7 Å². The number of aromatic nitrogens is 1. The van der Waals surface area contributed by atoms with Crippen LogP contribution in [0.5, 0.6) is 0 Å². The van der Waals surface area contributed by atoms with E-state index in [9.17, 15) is 9.90 Å². The molecule has 0 radical (unpaired) electrons. The molecule has 0 unspecified atom stereocenters. The largest absolute Gasteiger partial charge is 0.478 e. The number of carbonyl (C=O) groups is 1. The number of carboxylic acid groups (broad SMARTS) is 1. The van der Waals surface area contributed by atoms with Gasteiger partial charge in [-0.15, -0.1) is 0 Å². The summed E-state index contributed by atoms with van der Waals surface area (Å²) in [4.78, 5) is 11.9. The third-order valence-electron chi connectivity index (χ3n) is 5.42. The zero-order valence-corrected chi connectivity index (χ0v) is 17.1. The van der Waals surface area contributed by atoms with E-state index < -0.39 is 5.97 Å². The van der Waals surface area contributed by atoms with Crippen LogP contribution in [0.25, 0.3) is 6.08 Å². The number of rotatable bonds is 9. The topological polar surface area (TPSA) is 54.3 Å². The fourth-order valence-electron chi connectivity index (χ4n) is 3.72. The lowest BCUT2D eigenvalue weighted by atomic mass is 10.1. The Balaban J connectivity index is 1.76. The van der Waals surface area contributed by atoms with E-state index in [-0.39, 0.29) is 0 Å². The standard InChI is InChI=1S/C25H28N2O2/c1-4-20-10-12-22(13-11-20)17-27-18(2)23(24(19(27)3)25(28)29)16-26-15-14-21-8-6-5-7-9-21/h4-13,26H,1,14-17H2,2-3H3,(H,28,29). The molecule has 0 aliphatic rings. The van der Waals surface area contributed by atoms with Crippen molar-refractivity contribution in [2.75, 3.05) is 6.54 Å². The van der Waals surface area contributed by atoms with Crippen molar-refractivity contribution in [1.82, 2.24) is 9.88 Å². The van der Waals surface area contributed by atoms with Crippen LogP contribution in [-0.4, -0.2) is 22.2 Å². The minimum Gasteiger partial charge on any atom is -0.478 e. The highest BCUT2D eigenvalue weighted by molar-refractivity contribution is 5.91. The molecular weight excluding hydrogens is 360 g/mol. The molecule has 150 valence electrons. The van der Waals surface area contributed by atoms with Crippen molar-refractivity contribution in [3.63, 3.8) is 0 Å². The van der Waals surface area contributed by atoms with Crippen LogP contribution in [0.2, 0.25) is 0 Å². The molecule has 4 heteroatoms. The van der Waals surface area contributed by atoms with E-state index >= 15 is 0 Å². The maximum atomic E-state index is 11.9. The summed E-state index contributed by atoms with van der Waals surface area (Å²) in [6, 6.07) is 18.5. The predicted octanol–water partition coefficient (Wildman–Crippen LogP) is 4.83. The quantitative estimate of drug-likeness (QED) is 0.517. The lowest BCUT2D eigenvalue weighted by molar-refractivity contribution is 0.0694. The SMILES string of the molecule is C=Cc1ccc(Cn2c(C)c(CNCCc3ccccc3)c(C(=O)O)c2C)cc1. The molecule has 0 aliphatic heterocycles. The second kappa shape index (κ2) is 9.39. The molecule has 1 heterocycles. The van der Waals surface area contributed by atoms with Gasteiger partial charge < -0.3 is 15.0 Å². The van der Waals surface area contributed by atoms with Crippen molar-refractivity contribution >= 4 is 12.0 Å². The summed E-state index contributed by atoms with van der Waals surface area (Å²) < 4.78 is 2.10. The molecule has 0 amide bonds. The van der Waals surface area contributed by atoms with Crippen molar-refractivity contribution in [1.29, 1.82) is 0 Å². The first-order valence-electron chi connectivity index (χ1n) is 9.89. The smallest absolute Gasteiger partial charge is 0.337 e. The van der Waals surface area contributed by atoms with Crippen LogP contribution in [0, 0.1) is 13.8 Å². The van der Waals surface area contributed by atoms with Gasteiger partial charge in [0.1, 0.15) is 0 Å². The van der Waals surface area contributed by atoms with Crippen LogP contribution < -0.4 is 5.32 Å². The Morgan fingerprint density at radius 3 is 2.34 bits per heavy atom. The van der Waals surface area contributed by atoms with E-state index in [4.69, 9.17) is 0 Å². The number of hydrogen-bond donors (Lipinski definition) is 2. The van der Waals surface area contributed by atoms with Gasteiger partial charge in [0, 0.05) is 30.0 Å². The number of nitrogens with one attached hydrogen (secondary N) is 1. The summed E-state index contributed by atoms with van der Waals surface area (Å²) in [5.41, 5.74) is 6.55. The van der Waals surface area contributed by atoms with Crippen molar-refractivity contribution in [2.45, 2.75) is 33.4 Å². The summed E-state index contributed by atoms with van der Waals surface area (Å²) >= 11 is 0. The summed E-state index contributed by atoms with van der Waals surface area (Å²) in [5, 5.41) is 13.2. The molecule has 1 aromatic heterocycles. The van der Waals surface area contributed by atoms with E-state index in [0.717, 1.165) is 41.0 Å². The average molecular weight is 389 g/mol. The Hall–Kier alpha value is -3.11. The van der Waals surface area contributed by atoms with Gasteiger partial charge in [-0.1, -0.05) is 67.3 Å². The van der Waals surface area contributed by atoms with Crippen LogP contribution in [0.3, 0.4) is 0 Å². The monoisotopic (exact) mass is 388 g/mol. The van der Waals surface area contributed by atoms with Gasteiger partial charge in [0.15, 0.2) is 0 Å². The first-order valence-corrected chi connectivity index (χ1v) is 9.89. The number of aromatic carboxylic acids is 1. The number of nitrogens with zero attached hydrogens (tertiary/aromatic N) is 1. The van der Waals surface area contributed by atoms with Crippen LogP contribution >= 0.6 is 0 Å². The van der Waals surface area contributed by atoms with Gasteiger partial charge in [-0.25, -0.2) is 4.79 Å². The highest BCUT2D eigenvalue weighted by Crippen LogP contribution is 2.24. The van der Waals surface area contributed by atoms with Gasteiger partial charge in [0.2, 0.25) is 0 Å². The van der Waals surface area contributed by atoms with Gasteiger partial charge in [0.25, 0.3) is 0 Å². The first kappa shape index (κ1) is 20.6. The normalized spacial score (nSPS) is 10.8. The van der Waals surface area contributed by atoms with E-state index in [0.29, 0.717) is 18.7 Å². The lowest BCUT2D eigenvalue weighted by Gasteiger charge is -2.11. The second-order valence-corrected chi connectivity index (χ2v) is 7.27. The molecule has 2 N–H and O–H groups in total. The highest BCUT2D eigenvalue weighted by Gasteiger charge is 2.22. The van der Waals surface area contributed by atoms with E-state index in [1.807, 2.05) is 50.3 Å². The minimum absolute atomic E-state index is 0.414. The van der Waals surface area contributed by atoms with Gasteiger partial charge in [-0.3, -0.25) is 0 Å². The third-order valence-corrected chi connectivity index (χ3v) is 5.42. The van der Waals surface area contributed by atoms with Crippen molar-refractivity contribution in [3.05, 3.63) is 100 Å². The molecule has 2 aromatic carbocycles. The molecular formula is C25H28N2O2. The Kier molecular flexibility index (Phi) is 6.68. The number of carboxylic acids is 1. The van der Waals surface area contributed by atoms with E-state index in [1.54, 1.807) is 0 Å². The van der Waals surface area contributed by atoms with Crippen molar-refractivity contribution in [2.24, 2.45) is 0 Å². The Morgan fingerprint density at radius 2 is 1.72 bits per heavy atom. The Morgan fingerprint density at radius 1 is 1.03 bits per heavy atom. The third kappa shape index (κ3) is 4.84. The van der Waals surface area contributed by atoms with Gasteiger partial charge in [-0.05, 0) is 43.5 Å². The predicted molar refractivity (Wildman–Crippen MR) is 118 cm³/mol. The fourth-order valence-corrected chi connectivity index (χ4v) is 3.72. The molecule has 0 aliphatic carbocycles. The number of benzene rings is 2. The van der Waals surface area contributed by atoms with E-state index in [1.165, 1.54) is 5.56 Å². The molecule has 3 rings (SSSR count). The first-order chi connectivity index (χ1) is 14.0. The summed E-state index contributed by atoms with van der Waals surface area (Å²) in [6.07, 6.45) is 2.73. The van der Waals surface area contributed by atoms with Crippen LogP contribution in [0.15, 0.2) is 61.2 Å². The zero-order valence-electron chi connectivity index (χ0n) is 17.1. The molecule has 0 atom stereocenters. The molecule has 0 spiro atoms. The van der Waals surface area contributed by atoms with Gasteiger partial charge in [-0.2, -0.15) is 0 Å². The Bertz CT molecular complexity index is 986. The van der Waals surface area contributed by atoms with Crippen LogP contribution in [0.4, 0.5) is 0 Å². The zero-order chi connectivity index (χ0) is 20.8.